The summed E-state index contributed by atoms with van der Waals surface area (Å²) in [5, 5.41) is 15.0. The molecule has 2 amide bonds. The van der Waals surface area contributed by atoms with Gasteiger partial charge in [-0.3, -0.25) is 23.9 Å². The molecule has 0 saturated carbocycles. The van der Waals surface area contributed by atoms with Crippen LogP contribution >= 0.6 is 46.4 Å². The van der Waals surface area contributed by atoms with Crippen molar-refractivity contribution in [2.45, 2.75) is 30.6 Å². The third-order valence-corrected chi connectivity index (χ3v) is 11.3. The Labute approximate surface area is 351 Å². The monoisotopic (exact) mass is 886 g/mol. The van der Waals surface area contributed by atoms with Gasteiger partial charge < -0.3 is 35.7 Å². The van der Waals surface area contributed by atoms with E-state index in [2.05, 4.69) is 20.1 Å². The molecular formula is C39H30Cl4N4O10S. The number of anilines is 4. The number of methoxy groups -OCH3 is 1. The average Bonchev–Trinajstić information content (AvgIpc) is 3.74. The molecule has 2 heterocycles. The predicted molar refractivity (Wildman–Crippen MR) is 219 cm³/mol. The normalized spacial score (nSPS) is 12.6. The summed E-state index contributed by atoms with van der Waals surface area (Å²) < 4.78 is 45.1. The fourth-order valence-electron chi connectivity index (χ4n) is 5.88. The third-order valence-electron chi connectivity index (χ3n) is 8.60. The van der Waals surface area contributed by atoms with Crippen molar-refractivity contribution >= 4 is 103 Å². The number of carbonyl (C=O) groups is 4. The molecule has 0 unspecified atom stereocenters. The van der Waals surface area contributed by atoms with Crippen LogP contribution in [0.5, 0.6) is 23.0 Å². The number of nitrogen functional groups attached to an aromatic ring is 1. The van der Waals surface area contributed by atoms with Crippen LogP contribution in [0.15, 0.2) is 83.8 Å². The van der Waals surface area contributed by atoms with Crippen LogP contribution in [0.25, 0.3) is 0 Å². The zero-order valence-electron chi connectivity index (χ0n) is 30.0. The van der Waals surface area contributed by atoms with Crippen LogP contribution in [0.2, 0.25) is 20.1 Å². The summed E-state index contributed by atoms with van der Waals surface area (Å²) in [5.74, 6) is -0.693. The second-order valence-electron chi connectivity index (χ2n) is 12.7. The number of amides is 2. The maximum atomic E-state index is 13.2. The summed E-state index contributed by atoms with van der Waals surface area (Å²) in [7, 11) is -2.87. The maximum Gasteiger partial charge on any atom is 0.309 e. The molecule has 0 bridgehead atoms. The van der Waals surface area contributed by atoms with E-state index in [0.29, 0.717) is 44.7 Å². The van der Waals surface area contributed by atoms with Gasteiger partial charge in [0.15, 0.2) is 11.5 Å². The molecule has 5 aromatic rings. The number of rotatable bonds is 11. The number of carboxylic acid groups (broad SMARTS) is 1. The standard InChI is InChI=1S/C22H15Cl3N2O6S.C17H15ClN2O4/c23-12-2-6-19(15(25)9-12)34(31,32)27-22-13-10-20(28)26-16(13)3-5-18(22)33-17-4-1-11(7-14(17)24)8-21(29)30;1-23-16(22)7-9-2-4-13(11(18)6-9)24-14-5-3-12-10(17(14)19)8-15(21)20-12/h1-7,9,27H,8,10H2,(H,26,28)(H,29,30);2-6H,7-8,19H2,1H3,(H,20,21). The van der Waals surface area contributed by atoms with Crippen LogP contribution in [0, 0.1) is 0 Å². The summed E-state index contributed by atoms with van der Waals surface area (Å²) in [6, 6.07) is 19.9. The summed E-state index contributed by atoms with van der Waals surface area (Å²) in [5.41, 5.74) is 9.94. The number of esters is 1. The first kappa shape index (κ1) is 41.9. The van der Waals surface area contributed by atoms with E-state index in [9.17, 15) is 27.6 Å². The molecule has 300 valence electrons. The predicted octanol–water partition coefficient (Wildman–Crippen LogP) is 8.29. The summed E-state index contributed by atoms with van der Waals surface area (Å²) in [4.78, 5) is 45.5. The molecule has 7 rings (SSSR count). The summed E-state index contributed by atoms with van der Waals surface area (Å²) in [6.07, 6.45) is 0.0545. The number of benzene rings is 5. The molecule has 0 atom stereocenters. The van der Waals surface area contributed by atoms with Gasteiger partial charge in [0.25, 0.3) is 10.0 Å². The number of carbonyl (C=O) groups excluding carboxylic acids is 3. The Balaban J connectivity index is 0.000000208. The highest BCUT2D eigenvalue weighted by Gasteiger charge is 2.29. The van der Waals surface area contributed by atoms with Gasteiger partial charge in [-0.15, -0.1) is 0 Å². The van der Waals surface area contributed by atoms with Gasteiger partial charge in [0.2, 0.25) is 11.8 Å². The number of aliphatic carboxylic acids is 1. The SMILES string of the molecule is COC(=O)Cc1ccc(Oc2ccc3c(c2N)CC(=O)N3)c(Cl)c1.O=C(O)Cc1ccc(Oc2ccc3c(c2NS(=O)(=O)c2ccc(Cl)cc2Cl)CC(=O)N3)c(Cl)c1. The van der Waals surface area contributed by atoms with Crippen molar-refractivity contribution < 1.29 is 46.9 Å². The molecule has 2 aliphatic heterocycles. The number of nitrogens with one attached hydrogen (secondary N) is 3. The number of nitrogens with two attached hydrogens (primary N) is 1. The van der Waals surface area contributed by atoms with Crippen molar-refractivity contribution in [1.82, 2.24) is 0 Å². The Hall–Kier alpha value is -5.71. The lowest BCUT2D eigenvalue weighted by Crippen LogP contribution is -2.15. The molecule has 0 fully saturated rings. The number of halogens is 4. The van der Waals surface area contributed by atoms with Gasteiger partial charge in [-0.25, -0.2) is 8.42 Å². The zero-order valence-corrected chi connectivity index (χ0v) is 33.8. The van der Waals surface area contributed by atoms with Crippen LogP contribution < -0.4 is 30.6 Å². The molecule has 0 aromatic heterocycles. The van der Waals surface area contributed by atoms with E-state index >= 15 is 0 Å². The van der Waals surface area contributed by atoms with Gasteiger partial charge >= 0.3 is 11.9 Å². The number of carboxylic acids is 1. The lowest BCUT2D eigenvalue weighted by Gasteiger charge is -2.18. The highest BCUT2D eigenvalue weighted by atomic mass is 35.5. The zero-order chi connectivity index (χ0) is 41.9. The molecule has 6 N–H and O–H groups in total. The molecule has 14 nitrogen and oxygen atoms in total. The first-order valence-electron chi connectivity index (χ1n) is 16.9. The fourth-order valence-corrected chi connectivity index (χ4v) is 8.24. The molecule has 19 heteroatoms. The van der Waals surface area contributed by atoms with Gasteiger partial charge in [0, 0.05) is 27.5 Å². The quantitative estimate of drug-likeness (QED) is 0.0629. The molecule has 0 saturated heterocycles. The lowest BCUT2D eigenvalue weighted by molar-refractivity contribution is -0.140. The van der Waals surface area contributed by atoms with Crippen LogP contribution in [0.1, 0.15) is 22.3 Å². The Morgan fingerprint density at radius 1 is 0.724 bits per heavy atom. The minimum atomic E-state index is -4.20. The van der Waals surface area contributed by atoms with Gasteiger partial charge in [-0.05, 0) is 77.9 Å². The van der Waals surface area contributed by atoms with Crippen molar-refractivity contribution in [3.05, 3.63) is 121 Å². The van der Waals surface area contributed by atoms with Gasteiger partial charge in [-0.1, -0.05) is 58.5 Å². The van der Waals surface area contributed by atoms with Crippen molar-refractivity contribution in [3.63, 3.8) is 0 Å². The molecule has 0 radical (unpaired) electrons. The van der Waals surface area contributed by atoms with E-state index in [1.54, 1.807) is 36.4 Å². The second kappa shape index (κ2) is 17.4. The van der Waals surface area contributed by atoms with Crippen LogP contribution in [-0.4, -0.2) is 44.4 Å². The smallest absolute Gasteiger partial charge is 0.309 e. The first-order valence-corrected chi connectivity index (χ1v) is 19.9. The molecule has 58 heavy (non-hydrogen) atoms. The van der Waals surface area contributed by atoms with Crippen LogP contribution in [0.3, 0.4) is 0 Å². The number of hydrogen-bond acceptors (Lipinski definition) is 10. The van der Waals surface area contributed by atoms with E-state index in [1.807, 2.05) is 0 Å². The Kier molecular flexibility index (Phi) is 12.6. The Morgan fingerprint density at radius 3 is 1.83 bits per heavy atom. The molecule has 2 aliphatic rings. The second-order valence-corrected chi connectivity index (χ2v) is 16.0. The van der Waals surface area contributed by atoms with Crippen molar-refractivity contribution in [1.29, 1.82) is 0 Å². The molecular weight excluding hydrogens is 858 g/mol. The number of hydrogen-bond donors (Lipinski definition) is 5. The minimum absolute atomic E-state index is 0.0348. The summed E-state index contributed by atoms with van der Waals surface area (Å²) >= 11 is 24.5. The number of sulfonamides is 1. The number of fused-ring (bicyclic) bond motifs is 2. The Bertz CT molecular complexity index is 2620. The fraction of sp³-hybridized carbons (Fsp3) is 0.128. The van der Waals surface area contributed by atoms with Crippen molar-refractivity contribution in [3.8, 4) is 23.0 Å². The van der Waals surface area contributed by atoms with Crippen molar-refractivity contribution in [2.24, 2.45) is 0 Å². The number of ether oxygens (including phenoxy) is 3. The van der Waals surface area contributed by atoms with Crippen molar-refractivity contribution in [2.75, 3.05) is 28.2 Å². The minimum Gasteiger partial charge on any atom is -0.481 e. The molecule has 0 spiro atoms. The topological polar surface area (TPSA) is 212 Å². The van der Waals surface area contributed by atoms with E-state index in [1.165, 1.54) is 49.6 Å². The van der Waals surface area contributed by atoms with Crippen LogP contribution in [0.4, 0.5) is 22.7 Å². The molecule has 0 aliphatic carbocycles. The van der Waals surface area contributed by atoms with Gasteiger partial charge in [0.05, 0.1) is 59.2 Å². The highest BCUT2D eigenvalue weighted by Crippen LogP contribution is 2.43. The molecule has 5 aromatic carbocycles. The highest BCUT2D eigenvalue weighted by molar-refractivity contribution is 7.92. The maximum absolute atomic E-state index is 13.2. The van der Waals surface area contributed by atoms with E-state index in [0.717, 1.165) is 11.1 Å². The van der Waals surface area contributed by atoms with Gasteiger partial charge in [-0.2, -0.15) is 0 Å². The van der Waals surface area contributed by atoms with E-state index in [4.69, 9.17) is 66.7 Å². The van der Waals surface area contributed by atoms with E-state index < -0.39 is 16.0 Å². The summed E-state index contributed by atoms with van der Waals surface area (Å²) in [6.45, 7) is 0. The van der Waals surface area contributed by atoms with Crippen LogP contribution in [-0.2, 0) is 59.6 Å². The Morgan fingerprint density at radius 2 is 1.26 bits per heavy atom. The van der Waals surface area contributed by atoms with Gasteiger partial charge in [0.1, 0.15) is 16.4 Å². The average molecular weight is 889 g/mol. The third kappa shape index (κ3) is 9.69. The lowest BCUT2D eigenvalue weighted by atomic mass is 10.1. The van der Waals surface area contributed by atoms with E-state index in [-0.39, 0.29) is 80.6 Å². The first-order chi connectivity index (χ1) is 27.5. The largest absolute Gasteiger partial charge is 0.481 e.